The van der Waals surface area contributed by atoms with Crippen LogP contribution < -0.4 is 4.74 Å². The molecule has 5 nitrogen and oxygen atoms in total. The fourth-order valence-electron chi connectivity index (χ4n) is 1.78. The molecule has 1 aromatic carbocycles. The molecule has 1 aliphatic rings. The number of cyclic esters (lactones) is 2. The van der Waals surface area contributed by atoms with Crippen molar-refractivity contribution in [2.45, 2.75) is 26.0 Å². The smallest absolute Gasteiger partial charge is 0.419 e. The molecule has 0 bridgehead atoms. The van der Waals surface area contributed by atoms with Crippen molar-refractivity contribution in [3.05, 3.63) is 33.8 Å². The summed E-state index contributed by atoms with van der Waals surface area (Å²) in [6, 6.07) is 3.75. The summed E-state index contributed by atoms with van der Waals surface area (Å²) in [4.78, 5) is 23.7. The maximum atomic E-state index is 12.3. The van der Waals surface area contributed by atoms with E-state index in [1.165, 1.54) is 26.0 Å². The molecule has 0 spiro atoms. The molecule has 23 heavy (non-hydrogen) atoms. The first-order chi connectivity index (χ1) is 10.5. The van der Waals surface area contributed by atoms with E-state index in [1.807, 2.05) is 0 Å². The van der Waals surface area contributed by atoms with E-state index in [9.17, 15) is 22.8 Å². The van der Waals surface area contributed by atoms with Gasteiger partial charge in [-0.3, -0.25) is 0 Å². The number of rotatable bonds is 2. The summed E-state index contributed by atoms with van der Waals surface area (Å²) in [5.41, 5.74) is -0.315. The lowest BCUT2D eigenvalue weighted by atomic mass is 10.1. The summed E-state index contributed by atoms with van der Waals surface area (Å²) >= 11 is 2.95. The lowest BCUT2D eigenvalue weighted by molar-refractivity contribution is -0.275. The highest BCUT2D eigenvalue weighted by atomic mass is 79.9. The summed E-state index contributed by atoms with van der Waals surface area (Å²) in [6.45, 7) is 2.76. The Morgan fingerprint density at radius 1 is 1.17 bits per heavy atom. The van der Waals surface area contributed by atoms with E-state index < -0.39 is 35.4 Å². The molecule has 0 unspecified atom stereocenters. The SMILES string of the molecule is CC1(C)OC(=O)C(=Cc2cccc(OC(F)(F)F)c2Br)C(=O)O1. The molecule has 0 N–H and O–H groups in total. The van der Waals surface area contributed by atoms with Crippen LogP contribution in [0.1, 0.15) is 19.4 Å². The maximum Gasteiger partial charge on any atom is 0.573 e. The lowest BCUT2D eigenvalue weighted by Crippen LogP contribution is -2.41. The molecule has 1 fully saturated rings. The van der Waals surface area contributed by atoms with Gasteiger partial charge < -0.3 is 14.2 Å². The van der Waals surface area contributed by atoms with Crippen molar-refractivity contribution in [1.29, 1.82) is 0 Å². The fourth-order valence-corrected chi connectivity index (χ4v) is 2.24. The third-order valence-electron chi connectivity index (χ3n) is 2.64. The largest absolute Gasteiger partial charge is 0.573 e. The zero-order valence-corrected chi connectivity index (χ0v) is 13.4. The Kier molecular flexibility index (Phi) is 4.43. The van der Waals surface area contributed by atoms with Gasteiger partial charge in [0.25, 0.3) is 5.79 Å². The monoisotopic (exact) mass is 394 g/mol. The van der Waals surface area contributed by atoms with E-state index in [4.69, 9.17) is 9.47 Å². The molecule has 1 heterocycles. The molecule has 124 valence electrons. The molecule has 1 aromatic rings. The number of hydrogen-bond acceptors (Lipinski definition) is 5. The zero-order valence-electron chi connectivity index (χ0n) is 11.9. The van der Waals surface area contributed by atoms with Gasteiger partial charge in [-0.1, -0.05) is 12.1 Å². The molecule has 1 saturated heterocycles. The Hall–Kier alpha value is -2.03. The summed E-state index contributed by atoms with van der Waals surface area (Å²) in [7, 11) is 0. The molecule has 2 rings (SSSR count). The Bertz CT molecular complexity index is 672. The number of benzene rings is 1. The van der Waals surface area contributed by atoms with E-state index in [0.717, 1.165) is 12.1 Å². The first kappa shape index (κ1) is 17.3. The maximum absolute atomic E-state index is 12.3. The van der Waals surface area contributed by atoms with Crippen molar-refractivity contribution >= 4 is 33.9 Å². The van der Waals surface area contributed by atoms with Crippen LogP contribution >= 0.6 is 15.9 Å². The van der Waals surface area contributed by atoms with Crippen molar-refractivity contribution in [3.8, 4) is 5.75 Å². The van der Waals surface area contributed by atoms with Crippen LogP contribution in [0.15, 0.2) is 28.2 Å². The molecular formula is C14H10BrF3O5. The van der Waals surface area contributed by atoms with Gasteiger partial charge in [0.15, 0.2) is 0 Å². The van der Waals surface area contributed by atoms with Crippen LogP contribution in [0.25, 0.3) is 6.08 Å². The van der Waals surface area contributed by atoms with Gasteiger partial charge in [-0.15, -0.1) is 13.2 Å². The zero-order chi connectivity index (χ0) is 17.4. The Morgan fingerprint density at radius 3 is 2.26 bits per heavy atom. The number of ether oxygens (including phenoxy) is 3. The summed E-state index contributed by atoms with van der Waals surface area (Å²) in [5.74, 6) is -3.77. The van der Waals surface area contributed by atoms with Gasteiger partial charge in [0, 0.05) is 13.8 Å². The van der Waals surface area contributed by atoms with Gasteiger partial charge in [0.1, 0.15) is 11.3 Å². The highest BCUT2D eigenvalue weighted by Crippen LogP contribution is 2.34. The molecule has 0 amide bonds. The van der Waals surface area contributed by atoms with Crippen LogP contribution in [0.4, 0.5) is 13.2 Å². The van der Waals surface area contributed by atoms with E-state index in [0.29, 0.717) is 0 Å². The van der Waals surface area contributed by atoms with Gasteiger partial charge in [-0.2, -0.15) is 0 Å². The van der Waals surface area contributed by atoms with E-state index in [2.05, 4.69) is 20.7 Å². The van der Waals surface area contributed by atoms with Crippen LogP contribution in [0.5, 0.6) is 5.75 Å². The number of alkyl halides is 3. The van der Waals surface area contributed by atoms with Crippen LogP contribution in [0.2, 0.25) is 0 Å². The molecule has 1 aliphatic heterocycles. The molecule has 9 heteroatoms. The first-order valence-electron chi connectivity index (χ1n) is 6.21. The summed E-state index contributed by atoms with van der Waals surface area (Å²) < 4.78 is 50.5. The average molecular weight is 395 g/mol. The minimum Gasteiger partial charge on any atom is -0.419 e. The number of halogens is 4. The first-order valence-corrected chi connectivity index (χ1v) is 7.00. The van der Waals surface area contributed by atoms with Crippen LogP contribution in [0, 0.1) is 0 Å². The number of carbonyl (C=O) groups excluding carboxylic acids is 2. The van der Waals surface area contributed by atoms with Gasteiger partial charge in [0.05, 0.1) is 4.47 Å². The molecule has 0 aromatic heterocycles. The van der Waals surface area contributed by atoms with Gasteiger partial charge in [-0.25, -0.2) is 9.59 Å². The van der Waals surface area contributed by atoms with Crippen molar-refractivity contribution < 1.29 is 37.0 Å². The van der Waals surface area contributed by atoms with Gasteiger partial charge >= 0.3 is 18.3 Å². The highest BCUT2D eigenvalue weighted by molar-refractivity contribution is 9.10. The van der Waals surface area contributed by atoms with Crippen LogP contribution in [-0.4, -0.2) is 24.1 Å². The minimum absolute atomic E-state index is 0.0738. The third-order valence-corrected chi connectivity index (χ3v) is 3.48. The molecular weight excluding hydrogens is 385 g/mol. The van der Waals surface area contributed by atoms with Crippen molar-refractivity contribution in [2.75, 3.05) is 0 Å². The van der Waals surface area contributed by atoms with E-state index >= 15 is 0 Å². The normalized spacial score (nSPS) is 17.4. The number of hydrogen-bond donors (Lipinski definition) is 0. The fraction of sp³-hybridized carbons (Fsp3) is 0.286. The van der Waals surface area contributed by atoms with Crippen molar-refractivity contribution in [3.63, 3.8) is 0 Å². The highest BCUT2D eigenvalue weighted by Gasteiger charge is 2.39. The van der Waals surface area contributed by atoms with E-state index in [-0.39, 0.29) is 10.0 Å². The second-order valence-electron chi connectivity index (χ2n) is 4.94. The second kappa shape index (κ2) is 5.88. The van der Waals surface area contributed by atoms with Crippen molar-refractivity contribution in [2.24, 2.45) is 0 Å². The molecule has 0 atom stereocenters. The molecule has 0 aliphatic carbocycles. The Morgan fingerprint density at radius 2 is 1.74 bits per heavy atom. The van der Waals surface area contributed by atoms with Gasteiger partial charge in [0.2, 0.25) is 0 Å². The topological polar surface area (TPSA) is 61.8 Å². The number of carbonyl (C=O) groups is 2. The third kappa shape index (κ3) is 4.25. The summed E-state index contributed by atoms with van der Waals surface area (Å²) in [6.07, 6.45) is -3.81. The standard InChI is InChI=1S/C14H10BrF3O5/c1-13(2)22-11(19)8(12(20)23-13)6-7-4-3-5-9(10(7)15)21-14(16,17)18/h3-6H,1-2H3. The summed E-state index contributed by atoms with van der Waals surface area (Å²) in [5, 5.41) is 0. The predicted molar refractivity (Wildman–Crippen MR) is 75.1 cm³/mol. The Balaban J connectivity index is 2.38. The van der Waals surface area contributed by atoms with Gasteiger partial charge in [-0.05, 0) is 33.6 Å². The average Bonchev–Trinajstić information content (AvgIpc) is 2.35. The lowest BCUT2D eigenvalue weighted by Gasteiger charge is -2.29. The molecule has 0 radical (unpaired) electrons. The number of esters is 2. The van der Waals surface area contributed by atoms with Crippen LogP contribution in [0.3, 0.4) is 0 Å². The van der Waals surface area contributed by atoms with E-state index in [1.54, 1.807) is 0 Å². The molecule has 0 saturated carbocycles. The minimum atomic E-state index is -4.87. The quantitative estimate of drug-likeness (QED) is 0.436. The second-order valence-corrected chi connectivity index (χ2v) is 5.74. The van der Waals surface area contributed by atoms with Crippen molar-refractivity contribution in [1.82, 2.24) is 0 Å². The Labute approximate surface area is 137 Å². The van der Waals surface area contributed by atoms with Crippen LogP contribution in [-0.2, 0) is 19.1 Å². The predicted octanol–water partition coefficient (Wildman–Crippen LogP) is 3.57.